The highest BCUT2D eigenvalue weighted by molar-refractivity contribution is 9.93. The van der Waals surface area contributed by atoms with E-state index in [0.717, 1.165) is 4.47 Å². The second-order valence-corrected chi connectivity index (χ2v) is 3.42. The van der Waals surface area contributed by atoms with Crippen LogP contribution in [0.3, 0.4) is 0 Å². The fourth-order valence-electron chi connectivity index (χ4n) is 1.01. The number of hydrogen-bond donors (Lipinski definition) is 0. The molecule has 3 heteroatoms. The number of hydrogen-bond acceptors (Lipinski definition) is 0. The van der Waals surface area contributed by atoms with Gasteiger partial charge in [-0.3, -0.25) is 0 Å². The van der Waals surface area contributed by atoms with Gasteiger partial charge in [0.25, 0.3) is 0 Å². The Morgan fingerprint density at radius 1 is 1.23 bits per heavy atom. The molecule has 0 radical (unpaired) electrons. The van der Waals surface area contributed by atoms with E-state index >= 15 is 0 Å². The zero-order chi connectivity index (χ0) is 10.3. The van der Waals surface area contributed by atoms with Crippen molar-refractivity contribution in [3.05, 3.63) is 39.9 Å². The summed E-state index contributed by atoms with van der Waals surface area (Å²) in [7, 11) is 0. The van der Waals surface area contributed by atoms with Gasteiger partial charge >= 0.3 is 0 Å². The van der Waals surface area contributed by atoms with Crippen molar-refractivity contribution in [1.82, 2.24) is 0 Å². The van der Waals surface area contributed by atoms with Gasteiger partial charge in [-0.15, -0.1) is 0 Å². The lowest BCUT2D eigenvalue weighted by atomic mass is 10.1. The van der Waals surface area contributed by atoms with Crippen molar-refractivity contribution >= 4 is 50.3 Å². The molecule has 0 bridgehead atoms. The van der Waals surface area contributed by atoms with E-state index < -0.39 is 0 Å². The van der Waals surface area contributed by atoms with Crippen LogP contribution in [0.4, 0.5) is 0 Å². The minimum Gasteiger partial charge on any atom is -0.0871 e. The summed E-state index contributed by atoms with van der Waals surface area (Å²) in [4.78, 5) is 0. The Morgan fingerprint density at radius 3 is 2.31 bits per heavy atom. The van der Waals surface area contributed by atoms with Crippen molar-refractivity contribution in [2.75, 3.05) is 0 Å². The molecule has 0 N–H and O–H groups in total. The molecule has 13 heavy (non-hydrogen) atoms. The summed E-state index contributed by atoms with van der Waals surface area (Å²) in [5.74, 6) is 0. The Morgan fingerprint density at radius 2 is 1.85 bits per heavy atom. The topological polar surface area (TPSA) is 0 Å². The minimum atomic E-state index is 1.14. The SMILES string of the molecule is BrBr.C/C=C\c1ccc(Br)cc1C. The smallest absolute Gasteiger partial charge is 0.0178 e. The third-order valence-corrected chi connectivity index (χ3v) is 2.07. The van der Waals surface area contributed by atoms with Crippen molar-refractivity contribution in [2.45, 2.75) is 13.8 Å². The summed E-state index contributed by atoms with van der Waals surface area (Å²) in [6.45, 7) is 4.14. The van der Waals surface area contributed by atoms with E-state index in [1.165, 1.54) is 11.1 Å². The maximum absolute atomic E-state index is 3.42. The molecular formula is C10H11Br3. The lowest BCUT2D eigenvalue weighted by molar-refractivity contribution is 1.42. The van der Waals surface area contributed by atoms with E-state index in [9.17, 15) is 0 Å². The molecule has 0 heterocycles. The van der Waals surface area contributed by atoms with E-state index in [1.807, 2.05) is 6.92 Å². The molecule has 0 aromatic heterocycles. The molecule has 0 unspecified atom stereocenters. The fraction of sp³-hybridized carbons (Fsp3) is 0.200. The van der Waals surface area contributed by atoms with Crippen LogP contribution >= 0.6 is 44.2 Å². The zero-order valence-electron chi connectivity index (χ0n) is 7.52. The average molecular weight is 371 g/mol. The van der Waals surface area contributed by atoms with Crippen LogP contribution in [0.1, 0.15) is 18.1 Å². The van der Waals surface area contributed by atoms with Gasteiger partial charge in [0.2, 0.25) is 0 Å². The molecule has 0 spiro atoms. The Balaban J connectivity index is 0.000000671. The molecule has 1 rings (SSSR count). The third kappa shape index (κ3) is 4.99. The molecule has 1 aromatic rings. The van der Waals surface area contributed by atoms with Crippen molar-refractivity contribution in [3.63, 3.8) is 0 Å². The normalized spacial score (nSPS) is 9.62. The van der Waals surface area contributed by atoms with Crippen LogP contribution < -0.4 is 0 Å². The molecule has 0 aliphatic carbocycles. The van der Waals surface area contributed by atoms with Crippen molar-refractivity contribution in [3.8, 4) is 0 Å². The standard InChI is InChI=1S/C10H11Br.Br2/c1-3-4-9-5-6-10(11)7-8(9)2;1-2/h3-7H,1-2H3;/b4-3-;. The van der Waals surface area contributed by atoms with Crippen LogP contribution in [0.15, 0.2) is 28.7 Å². The highest BCUT2D eigenvalue weighted by atomic mass is 80.9. The van der Waals surface area contributed by atoms with Gasteiger partial charge in [0.1, 0.15) is 0 Å². The Kier molecular flexibility index (Phi) is 8.01. The first-order chi connectivity index (χ1) is 6.24. The minimum absolute atomic E-state index is 1.14. The first-order valence-electron chi connectivity index (χ1n) is 3.77. The number of aryl methyl sites for hydroxylation is 1. The van der Waals surface area contributed by atoms with Gasteiger partial charge in [0.15, 0.2) is 0 Å². The molecule has 0 saturated carbocycles. The van der Waals surface area contributed by atoms with Gasteiger partial charge in [-0.1, -0.05) is 34.1 Å². The first kappa shape index (κ1) is 13.4. The summed E-state index contributed by atoms with van der Waals surface area (Å²) in [5.41, 5.74) is 2.59. The van der Waals surface area contributed by atoms with E-state index in [4.69, 9.17) is 0 Å². The molecular weight excluding hydrogens is 360 g/mol. The summed E-state index contributed by atoms with van der Waals surface area (Å²) in [5, 5.41) is 0. The Hall–Kier alpha value is 0.400. The van der Waals surface area contributed by atoms with Gasteiger partial charge in [0.05, 0.1) is 0 Å². The Bertz CT molecular complexity index is 279. The zero-order valence-corrected chi connectivity index (χ0v) is 12.3. The van der Waals surface area contributed by atoms with E-state index in [0.29, 0.717) is 0 Å². The van der Waals surface area contributed by atoms with Crippen LogP contribution in [0.5, 0.6) is 0 Å². The van der Waals surface area contributed by atoms with Crippen molar-refractivity contribution in [1.29, 1.82) is 0 Å². The predicted molar refractivity (Wildman–Crippen MR) is 71.4 cm³/mol. The average Bonchev–Trinajstić information content (AvgIpc) is 2.14. The van der Waals surface area contributed by atoms with Crippen LogP contribution in [0, 0.1) is 6.92 Å². The molecule has 0 amide bonds. The maximum atomic E-state index is 3.42. The first-order valence-corrected chi connectivity index (χ1v) is 8.28. The highest BCUT2D eigenvalue weighted by Gasteiger charge is 1.92. The second kappa shape index (κ2) is 7.77. The molecule has 0 aliphatic rings. The summed E-state index contributed by atoms with van der Waals surface area (Å²) >= 11 is 8.92. The van der Waals surface area contributed by atoms with E-state index in [2.05, 4.69) is 81.5 Å². The maximum Gasteiger partial charge on any atom is 0.0178 e. The van der Waals surface area contributed by atoms with Crippen LogP contribution in [-0.4, -0.2) is 0 Å². The van der Waals surface area contributed by atoms with Crippen LogP contribution in [0.25, 0.3) is 6.08 Å². The predicted octanol–water partition coefficient (Wildman–Crippen LogP) is 5.48. The van der Waals surface area contributed by atoms with E-state index in [-0.39, 0.29) is 0 Å². The summed E-state index contributed by atoms with van der Waals surface area (Å²) in [6.07, 6.45) is 4.16. The number of allylic oxidation sites excluding steroid dienone is 1. The molecule has 72 valence electrons. The second-order valence-electron chi connectivity index (χ2n) is 2.50. The van der Waals surface area contributed by atoms with Crippen LogP contribution in [-0.2, 0) is 0 Å². The molecule has 1 aromatic carbocycles. The lowest BCUT2D eigenvalue weighted by Gasteiger charge is -1.99. The summed E-state index contributed by atoms with van der Waals surface area (Å²) in [6, 6.07) is 6.29. The molecule has 0 nitrogen and oxygen atoms in total. The third-order valence-electron chi connectivity index (χ3n) is 1.58. The van der Waals surface area contributed by atoms with Crippen LogP contribution in [0.2, 0.25) is 0 Å². The fourth-order valence-corrected chi connectivity index (χ4v) is 1.48. The quantitative estimate of drug-likeness (QED) is 0.613. The van der Waals surface area contributed by atoms with E-state index in [1.54, 1.807) is 0 Å². The highest BCUT2D eigenvalue weighted by Crippen LogP contribution is 2.16. The number of halogens is 3. The molecule has 0 saturated heterocycles. The molecule has 0 atom stereocenters. The van der Waals surface area contributed by atoms with Gasteiger partial charge in [-0.05, 0) is 37.1 Å². The largest absolute Gasteiger partial charge is 0.0871 e. The molecule has 0 aliphatic heterocycles. The number of rotatable bonds is 1. The van der Waals surface area contributed by atoms with Gasteiger partial charge in [0, 0.05) is 32.7 Å². The summed E-state index contributed by atoms with van der Waals surface area (Å²) < 4.78 is 1.14. The monoisotopic (exact) mass is 368 g/mol. The van der Waals surface area contributed by atoms with Gasteiger partial charge in [-0.2, -0.15) is 0 Å². The number of benzene rings is 1. The van der Waals surface area contributed by atoms with Gasteiger partial charge in [-0.25, -0.2) is 0 Å². The van der Waals surface area contributed by atoms with Gasteiger partial charge < -0.3 is 0 Å². The molecule has 0 fully saturated rings. The van der Waals surface area contributed by atoms with Crippen molar-refractivity contribution < 1.29 is 0 Å². The van der Waals surface area contributed by atoms with Crippen molar-refractivity contribution in [2.24, 2.45) is 0 Å². The Labute approximate surface area is 103 Å². The lowest BCUT2D eigenvalue weighted by Crippen LogP contribution is -1.78.